The molecule has 4 aromatic rings. The minimum absolute atomic E-state index is 0.253. The quantitative estimate of drug-likeness (QED) is 0.491. The summed E-state index contributed by atoms with van der Waals surface area (Å²) in [6, 6.07) is 35.9. The molecule has 0 aliphatic heterocycles. The molecule has 2 nitrogen and oxygen atoms in total. The molecule has 0 heterocycles. The second-order valence-electron chi connectivity index (χ2n) is 7.27. The van der Waals surface area contributed by atoms with Crippen molar-refractivity contribution in [1.29, 1.82) is 0 Å². The van der Waals surface area contributed by atoms with Gasteiger partial charge in [0.2, 0.25) is 0 Å². The normalized spacial score (nSPS) is 12.8. The molecule has 0 saturated heterocycles. The summed E-state index contributed by atoms with van der Waals surface area (Å²) in [5, 5.41) is 26.3. The Kier molecular flexibility index (Phi) is 4.90. The van der Waals surface area contributed by atoms with Crippen molar-refractivity contribution in [1.82, 2.24) is 0 Å². The third kappa shape index (κ3) is 2.60. The van der Waals surface area contributed by atoms with Crippen LogP contribution in [-0.4, -0.2) is 16.4 Å². The van der Waals surface area contributed by atoms with Crippen molar-refractivity contribution in [3.8, 4) is 11.5 Å². The fraction of sp³-hybridized carbons (Fsp3) is 0.0769. The van der Waals surface area contributed by atoms with E-state index in [-0.39, 0.29) is 11.5 Å². The van der Waals surface area contributed by atoms with Gasteiger partial charge in [-0.2, -0.15) is 0 Å². The summed E-state index contributed by atoms with van der Waals surface area (Å²) in [6.45, 7) is -1.27. The van der Waals surface area contributed by atoms with Crippen LogP contribution in [0.3, 0.4) is 0 Å². The van der Waals surface area contributed by atoms with Gasteiger partial charge in [0.05, 0.1) is 0 Å². The molecule has 0 saturated carbocycles. The zero-order valence-electron chi connectivity index (χ0n) is 16.4. The van der Waals surface area contributed by atoms with Gasteiger partial charge < -0.3 is 0 Å². The molecule has 29 heavy (non-hydrogen) atoms. The van der Waals surface area contributed by atoms with Gasteiger partial charge in [-0.15, -0.1) is 0 Å². The third-order valence-corrected chi connectivity index (χ3v) is 13.1. The molecule has 0 radical (unpaired) electrons. The molecule has 146 valence electrons. The van der Waals surface area contributed by atoms with Crippen LogP contribution >= 0.6 is 6.60 Å². The second kappa shape index (κ2) is 7.39. The summed E-state index contributed by atoms with van der Waals surface area (Å²) >= 11 is 0. The molecule has 0 amide bonds. The minimum atomic E-state index is -3.44. The first kappa shape index (κ1) is 19.2. The zero-order valence-corrected chi connectivity index (χ0v) is 17.3. The maximum atomic E-state index is 11.2. The van der Waals surface area contributed by atoms with E-state index in [1.807, 2.05) is 72.8 Å². The molecule has 0 aromatic heterocycles. The molecule has 0 bridgehead atoms. The number of phenolic OH excluding ortho intramolecular Hbond substituents is 2. The summed E-state index contributed by atoms with van der Waals surface area (Å²) in [7, 11) is 0. The van der Waals surface area contributed by atoms with Crippen LogP contribution in [0.1, 0.15) is 6.92 Å². The van der Waals surface area contributed by atoms with Crippen molar-refractivity contribution >= 4 is 27.8 Å². The Bertz CT molecular complexity index is 1030. The number of aromatic hydroxyl groups is 2. The predicted octanol–water partition coefficient (Wildman–Crippen LogP) is 4.27. The molecule has 0 unspecified atom stereocenters. The Morgan fingerprint density at radius 2 is 0.862 bits per heavy atom. The van der Waals surface area contributed by atoms with E-state index in [2.05, 4.69) is 31.2 Å². The van der Waals surface area contributed by atoms with Gasteiger partial charge in [-0.3, -0.25) is 0 Å². The van der Waals surface area contributed by atoms with E-state index in [4.69, 9.17) is 0 Å². The van der Waals surface area contributed by atoms with E-state index in [9.17, 15) is 10.2 Å². The second-order valence-corrected chi connectivity index (χ2v) is 12.5. The molecule has 0 spiro atoms. The van der Waals surface area contributed by atoms with Crippen molar-refractivity contribution in [2.45, 2.75) is 6.92 Å². The van der Waals surface area contributed by atoms with Crippen LogP contribution in [0.4, 0.5) is 0 Å². The fourth-order valence-corrected chi connectivity index (χ4v) is 11.6. The summed E-state index contributed by atoms with van der Waals surface area (Å²) in [5.41, 5.74) is 0. The number of hydrogen-bond acceptors (Lipinski definition) is 2. The molecular weight excluding hydrogens is 375 g/mol. The zero-order chi connectivity index (χ0) is 20.3. The van der Waals surface area contributed by atoms with Gasteiger partial charge in [-0.05, 0) is 0 Å². The van der Waals surface area contributed by atoms with Crippen LogP contribution in [-0.2, 0) is 0 Å². The average Bonchev–Trinajstić information content (AvgIpc) is 2.79. The average molecular weight is 400 g/mol. The van der Waals surface area contributed by atoms with Crippen LogP contribution in [0.2, 0.25) is 0 Å². The van der Waals surface area contributed by atoms with E-state index in [1.54, 1.807) is 12.1 Å². The van der Waals surface area contributed by atoms with E-state index < -0.39 is 6.60 Å². The number of phenols is 2. The van der Waals surface area contributed by atoms with Crippen molar-refractivity contribution in [2.24, 2.45) is 0 Å². The Hall–Kier alpha value is -3.09. The summed E-state index contributed by atoms with van der Waals surface area (Å²) in [5.74, 6) is 0.506. The Balaban J connectivity index is 2.35. The van der Waals surface area contributed by atoms with Crippen molar-refractivity contribution in [2.75, 3.05) is 6.16 Å². The van der Waals surface area contributed by atoms with Gasteiger partial charge in [-0.1, -0.05) is 0 Å². The first-order valence-corrected chi connectivity index (χ1v) is 12.3. The van der Waals surface area contributed by atoms with Crippen LogP contribution in [0.25, 0.3) is 0 Å². The Labute approximate surface area is 172 Å². The fourth-order valence-electron chi connectivity index (χ4n) is 4.82. The van der Waals surface area contributed by atoms with Gasteiger partial charge in [0.15, 0.2) is 0 Å². The topological polar surface area (TPSA) is 40.5 Å². The molecule has 0 aliphatic carbocycles. The molecule has 4 rings (SSSR count). The molecular formula is C26H25O2P. The molecule has 0 aliphatic rings. The SMILES string of the molecule is CCP(c1ccccc1)(c1ccccc1)(c1ccccc1O)c1ccccc1O. The molecule has 4 aromatic carbocycles. The molecule has 3 heteroatoms. The van der Waals surface area contributed by atoms with Gasteiger partial charge in [0.1, 0.15) is 0 Å². The molecule has 0 atom stereocenters. The maximum absolute atomic E-state index is 11.2. The first-order chi connectivity index (χ1) is 14.1. The number of rotatable bonds is 5. The monoisotopic (exact) mass is 400 g/mol. The molecule has 2 N–H and O–H groups in total. The number of para-hydroxylation sites is 2. The van der Waals surface area contributed by atoms with E-state index >= 15 is 0 Å². The number of hydrogen-bond donors (Lipinski definition) is 2. The first-order valence-electron chi connectivity index (χ1n) is 9.84. The Morgan fingerprint density at radius 3 is 1.21 bits per heavy atom. The van der Waals surface area contributed by atoms with Gasteiger partial charge in [-0.25, -0.2) is 0 Å². The number of benzene rings is 4. The Morgan fingerprint density at radius 1 is 0.517 bits per heavy atom. The van der Waals surface area contributed by atoms with Crippen molar-refractivity contribution in [3.63, 3.8) is 0 Å². The third-order valence-electron chi connectivity index (χ3n) is 6.11. The van der Waals surface area contributed by atoms with Crippen molar-refractivity contribution < 1.29 is 10.2 Å². The molecule has 0 fully saturated rings. The standard InChI is InChI=1S/C26H25O2P/c1-2-29(21-13-5-3-6-14-21,22-15-7-4-8-16-22,25-19-11-9-17-23(25)27)26-20-12-10-18-24(26)28/h3-20,27-28H,2H2,1H3. The van der Waals surface area contributed by atoms with Crippen LogP contribution in [0.5, 0.6) is 11.5 Å². The van der Waals surface area contributed by atoms with Crippen LogP contribution in [0.15, 0.2) is 109 Å². The van der Waals surface area contributed by atoms with Gasteiger partial charge in [0, 0.05) is 0 Å². The summed E-state index contributed by atoms with van der Waals surface area (Å²) in [4.78, 5) is 0. The van der Waals surface area contributed by atoms with Gasteiger partial charge >= 0.3 is 172 Å². The van der Waals surface area contributed by atoms with Crippen LogP contribution in [0, 0.1) is 0 Å². The summed E-state index contributed by atoms with van der Waals surface area (Å²) in [6.07, 6.45) is 0.731. The summed E-state index contributed by atoms with van der Waals surface area (Å²) < 4.78 is 0. The van der Waals surface area contributed by atoms with E-state index in [1.165, 1.54) is 0 Å². The predicted molar refractivity (Wildman–Crippen MR) is 125 cm³/mol. The van der Waals surface area contributed by atoms with Gasteiger partial charge in [0.25, 0.3) is 0 Å². The van der Waals surface area contributed by atoms with E-state index in [0.29, 0.717) is 0 Å². The van der Waals surface area contributed by atoms with Crippen LogP contribution < -0.4 is 21.2 Å². The van der Waals surface area contributed by atoms with E-state index in [0.717, 1.165) is 27.4 Å². The van der Waals surface area contributed by atoms with Crippen molar-refractivity contribution in [3.05, 3.63) is 109 Å².